The monoisotopic (exact) mass is 288 g/mol. The van der Waals surface area contributed by atoms with E-state index in [0.29, 0.717) is 17.4 Å². The maximum absolute atomic E-state index is 13.1. The highest BCUT2D eigenvalue weighted by Gasteiger charge is 2.18. The van der Waals surface area contributed by atoms with Crippen molar-refractivity contribution in [2.45, 2.75) is 12.5 Å². The molecule has 2 N–H and O–H groups in total. The number of carbonyl (C=O) groups excluding carboxylic acids is 1. The van der Waals surface area contributed by atoms with Gasteiger partial charge in [0, 0.05) is 23.2 Å². The molecule has 0 aliphatic carbocycles. The van der Waals surface area contributed by atoms with Gasteiger partial charge in [-0.15, -0.1) is 0 Å². The molecule has 5 nitrogen and oxygen atoms in total. The number of hydrogen-bond donors (Lipinski definition) is 1. The van der Waals surface area contributed by atoms with Crippen LogP contribution in [0.3, 0.4) is 0 Å². The predicted octanol–water partition coefficient (Wildman–Crippen LogP) is 2.79. The van der Waals surface area contributed by atoms with Crippen LogP contribution in [0.4, 0.5) is 10.1 Å². The number of hydrogen-bond acceptors (Lipinski definition) is 4. The molecule has 0 fully saturated rings. The van der Waals surface area contributed by atoms with Crippen molar-refractivity contribution in [3.63, 3.8) is 0 Å². The van der Waals surface area contributed by atoms with Crippen molar-refractivity contribution in [1.82, 2.24) is 0 Å². The van der Waals surface area contributed by atoms with E-state index in [1.165, 1.54) is 18.2 Å². The maximum Gasteiger partial charge on any atom is 0.272 e. The molecule has 0 heterocycles. The fraction of sp³-hybridized carbons (Fsp3) is 0.133. The number of benzene rings is 2. The lowest BCUT2D eigenvalue weighted by Gasteiger charge is -2.14. The number of halogens is 1. The maximum atomic E-state index is 13.1. The van der Waals surface area contributed by atoms with E-state index in [9.17, 15) is 19.3 Å². The average Bonchev–Trinajstić information content (AvgIpc) is 2.47. The Morgan fingerprint density at radius 1 is 1.29 bits per heavy atom. The minimum atomic E-state index is -0.633. The molecule has 0 aliphatic heterocycles. The molecule has 1 unspecified atom stereocenters. The van der Waals surface area contributed by atoms with Gasteiger partial charge in [-0.1, -0.05) is 24.3 Å². The fourth-order valence-corrected chi connectivity index (χ4v) is 2.19. The minimum Gasteiger partial charge on any atom is -0.324 e. The first-order valence-corrected chi connectivity index (χ1v) is 6.25. The molecule has 0 aliphatic rings. The van der Waals surface area contributed by atoms with Crippen molar-refractivity contribution < 1.29 is 14.1 Å². The van der Waals surface area contributed by atoms with Gasteiger partial charge in [0.2, 0.25) is 0 Å². The van der Waals surface area contributed by atoms with Crippen molar-refractivity contribution in [3.8, 4) is 0 Å². The molecule has 0 bridgehead atoms. The van der Waals surface area contributed by atoms with Gasteiger partial charge in [0.15, 0.2) is 0 Å². The van der Waals surface area contributed by atoms with E-state index in [1.54, 1.807) is 18.2 Å². The predicted molar refractivity (Wildman–Crippen MR) is 75.5 cm³/mol. The molecule has 0 saturated heterocycles. The van der Waals surface area contributed by atoms with Crippen LogP contribution >= 0.6 is 0 Å². The number of nitrogens with zero attached hydrogens (tertiary/aromatic N) is 1. The largest absolute Gasteiger partial charge is 0.324 e. The quantitative estimate of drug-likeness (QED) is 0.520. The van der Waals surface area contributed by atoms with Gasteiger partial charge in [0.1, 0.15) is 12.1 Å². The van der Waals surface area contributed by atoms with Crippen LogP contribution < -0.4 is 5.73 Å². The average molecular weight is 288 g/mol. The number of para-hydroxylation sites is 1. The zero-order valence-electron chi connectivity index (χ0n) is 11.0. The smallest absolute Gasteiger partial charge is 0.272 e. The third kappa shape index (κ3) is 3.29. The van der Waals surface area contributed by atoms with Crippen LogP contribution in [0.5, 0.6) is 0 Å². The third-order valence-corrected chi connectivity index (χ3v) is 3.20. The lowest BCUT2D eigenvalue weighted by molar-refractivity contribution is -0.385. The van der Waals surface area contributed by atoms with Crippen molar-refractivity contribution in [2.24, 2.45) is 5.73 Å². The number of nitro benzene ring substituents is 1. The van der Waals surface area contributed by atoms with Crippen molar-refractivity contribution in [3.05, 3.63) is 75.1 Å². The van der Waals surface area contributed by atoms with Crippen LogP contribution in [0.1, 0.15) is 27.5 Å². The van der Waals surface area contributed by atoms with E-state index in [1.807, 2.05) is 0 Å². The highest BCUT2D eigenvalue weighted by atomic mass is 19.1. The molecule has 0 saturated carbocycles. The zero-order valence-corrected chi connectivity index (χ0v) is 11.0. The van der Waals surface area contributed by atoms with Gasteiger partial charge in [-0.2, -0.15) is 0 Å². The van der Waals surface area contributed by atoms with E-state index in [2.05, 4.69) is 0 Å². The number of carbonyl (C=O) groups is 1. The first-order valence-electron chi connectivity index (χ1n) is 6.25. The SMILES string of the molecule is NC(Cc1ccccc1[N+](=O)[O-])c1ccc(F)cc1C=O. The summed E-state index contributed by atoms with van der Waals surface area (Å²) in [6, 6.07) is 9.37. The summed E-state index contributed by atoms with van der Waals surface area (Å²) in [6.07, 6.45) is 0.710. The van der Waals surface area contributed by atoms with E-state index >= 15 is 0 Å². The Morgan fingerprint density at radius 2 is 2.00 bits per heavy atom. The first kappa shape index (κ1) is 14.8. The van der Waals surface area contributed by atoms with Crippen molar-refractivity contribution in [1.29, 1.82) is 0 Å². The molecule has 2 rings (SSSR count). The van der Waals surface area contributed by atoms with Crippen LogP contribution in [0.2, 0.25) is 0 Å². The molecule has 1 atom stereocenters. The summed E-state index contributed by atoms with van der Waals surface area (Å²) < 4.78 is 13.1. The molecule has 108 valence electrons. The lowest BCUT2D eigenvalue weighted by atomic mass is 9.95. The van der Waals surface area contributed by atoms with Crippen molar-refractivity contribution in [2.75, 3.05) is 0 Å². The van der Waals surface area contributed by atoms with Crippen LogP contribution in [0, 0.1) is 15.9 Å². The molecule has 2 aromatic rings. The molecular formula is C15H13FN2O3. The molecule has 21 heavy (non-hydrogen) atoms. The summed E-state index contributed by atoms with van der Waals surface area (Å²) in [4.78, 5) is 21.5. The van der Waals surface area contributed by atoms with Gasteiger partial charge in [0.05, 0.1) is 4.92 Å². The van der Waals surface area contributed by atoms with Crippen LogP contribution in [0.15, 0.2) is 42.5 Å². The van der Waals surface area contributed by atoms with E-state index in [0.717, 1.165) is 6.07 Å². The fourth-order valence-electron chi connectivity index (χ4n) is 2.19. The Bertz CT molecular complexity index is 688. The van der Waals surface area contributed by atoms with E-state index < -0.39 is 16.8 Å². The highest BCUT2D eigenvalue weighted by Crippen LogP contribution is 2.25. The van der Waals surface area contributed by atoms with Crippen molar-refractivity contribution >= 4 is 12.0 Å². The van der Waals surface area contributed by atoms with Crippen LogP contribution in [-0.4, -0.2) is 11.2 Å². The lowest BCUT2D eigenvalue weighted by Crippen LogP contribution is -2.16. The van der Waals surface area contributed by atoms with Gasteiger partial charge in [-0.3, -0.25) is 14.9 Å². The normalized spacial score (nSPS) is 11.9. The molecular weight excluding hydrogens is 275 g/mol. The van der Waals surface area contributed by atoms with Crippen LogP contribution in [0.25, 0.3) is 0 Å². The highest BCUT2D eigenvalue weighted by molar-refractivity contribution is 5.77. The Labute approximate surface area is 120 Å². The van der Waals surface area contributed by atoms with Gasteiger partial charge in [-0.05, 0) is 24.1 Å². The summed E-state index contributed by atoms with van der Waals surface area (Å²) in [5.41, 5.74) is 7.08. The van der Waals surface area contributed by atoms with Gasteiger partial charge < -0.3 is 5.73 Å². The summed E-state index contributed by atoms with van der Waals surface area (Å²) in [5, 5.41) is 11.0. The Morgan fingerprint density at radius 3 is 2.67 bits per heavy atom. The van der Waals surface area contributed by atoms with E-state index in [4.69, 9.17) is 5.73 Å². The standard InChI is InChI=1S/C15H13FN2O3/c16-12-5-6-13(11(7-12)9-19)14(17)8-10-3-1-2-4-15(10)18(20)21/h1-7,9,14H,8,17H2. The number of nitro groups is 1. The molecule has 0 aromatic heterocycles. The summed E-state index contributed by atoms with van der Waals surface area (Å²) in [6.45, 7) is 0. The molecule has 0 amide bonds. The van der Waals surface area contributed by atoms with Gasteiger partial charge >= 0.3 is 0 Å². The summed E-state index contributed by atoms with van der Waals surface area (Å²) in [7, 11) is 0. The van der Waals surface area contributed by atoms with Gasteiger partial charge in [0.25, 0.3) is 5.69 Å². The molecule has 0 spiro atoms. The molecule has 0 radical (unpaired) electrons. The second-order valence-corrected chi connectivity index (χ2v) is 4.59. The van der Waals surface area contributed by atoms with Gasteiger partial charge in [-0.25, -0.2) is 4.39 Å². The Kier molecular flexibility index (Phi) is 4.39. The summed E-state index contributed by atoms with van der Waals surface area (Å²) in [5.74, 6) is -0.529. The Hall–Kier alpha value is -2.60. The topological polar surface area (TPSA) is 86.2 Å². The first-order chi connectivity index (χ1) is 10.0. The minimum absolute atomic E-state index is 0.0253. The zero-order chi connectivity index (χ0) is 15.4. The van der Waals surface area contributed by atoms with Crippen LogP contribution in [-0.2, 0) is 6.42 Å². The second kappa shape index (κ2) is 6.23. The second-order valence-electron chi connectivity index (χ2n) is 4.59. The molecule has 2 aromatic carbocycles. The number of rotatable bonds is 5. The third-order valence-electron chi connectivity index (χ3n) is 3.20. The Balaban J connectivity index is 2.32. The summed E-state index contributed by atoms with van der Waals surface area (Å²) >= 11 is 0. The number of nitrogens with two attached hydrogens (primary N) is 1. The van der Waals surface area contributed by atoms with E-state index in [-0.39, 0.29) is 17.7 Å². The molecule has 6 heteroatoms. The number of aldehydes is 1.